The van der Waals surface area contributed by atoms with Gasteiger partial charge in [0.15, 0.2) is 11.5 Å². The summed E-state index contributed by atoms with van der Waals surface area (Å²) in [6.07, 6.45) is 0. The molecule has 0 radical (unpaired) electrons. The van der Waals surface area contributed by atoms with Crippen LogP contribution in [0.3, 0.4) is 0 Å². The van der Waals surface area contributed by atoms with Crippen LogP contribution in [0.15, 0.2) is 12.1 Å². The van der Waals surface area contributed by atoms with Gasteiger partial charge in [-0.3, -0.25) is 0 Å². The Balaban J connectivity index is 2.14. The van der Waals surface area contributed by atoms with Crippen molar-refractivity contribution < 1.29 is 23.0 Å². The van der Waals surface area contributed by atoms with Gasteiger partial charge in [0.25, 0.3) is 0 Å². The van der Waals surface area contributed by atoms with Crippen molar-refractivity contribution in [1.82, 2.24) is 5.32 Å². The van der Waals surface area contributed by atoms with E-state index in [2.05, 4.69) is 23.9 Å². The molecule has 0 unspecified atom stereocenters. The van der Waals surface area contributed by atoms with Crippen LogP contribution in [-0.2, 0) is 6.54 Å². The normalized spacial score (nSPS) is 13.4. The molecule has 0 amide bonds. The fourth-order valence-electron chi connectivity index (χ4n) is 1.80. The van der Waals surface area contributed by atoms with Crippen molar-refractivity contribution >= 4 is 0 Å². The molecule has 1 aliphatic rings. The second-order valence-corrected chi connectivity index (χ2v) is 4.72. The van der Waals surface area contributed by atoms with E-state index in [4.69, 9.17) is 9.47 Å². The summed E-state index contributed by atoms with van der Waals surface area (Å²) in [5, 5.41) is 3.18. The zero-order chi connectivity index (χ0) is 13.8. The molecule has 0 bridgehead atoms. The summed E-state index contributed by atoms with van der Waals surface area (Å²) in [6.45, 7) is 2.63. The first-order valence-electron chi connectivity index (χ1n) is 6.14. The van der Waals surface area contributed by atoms with E-state index in [0.29, 0.717) is 29.5 Å². The van der Waals surface area contributed by atoms with E-state index in [-0.39, 0.29) is 12.5 Å². The Bertz CT molecular complexity index is 438. The Hall–Kier alpha value is -1.56. The maximum atomic E-state index is 12.4. The van der Waals surface area contributed by atoms with Crippen LogP contribution in [0.5, 0.6) is 17.2 Å². The van der Waals surface area contributed by atoms with E-state index in [0.717, 1.165) is 6.54 Å². The first-order valence-corrected chi connectivity index (χ1v) is 6.14. The molecule has 1 aliphatic heterocycles. The van der Waals surface area contributed by atoms with Crippen molar-refractivity contribution in [2.24, 2.45) is 5.92 Å². The van der Waals surface area contributed by atoms with Crippen LogP contribution < -0.4 is 19.5 Å². The van der Waals surface area contributed by atoms with Crippen molar-refractivity contribution in [3.8, 4) is 17.2 Å². The molecule has 0 aromatic heterocycles. The number of fused-ring (bicyclic) bond motifs is 1. The van der Waals surface area contributed by atoms with Crippen LogP contribution in [0.2, 0.25) is 0 Å². The van der Waals surface area contributed by atoms with E-state index in [9.17, 15) is 8.78 Å². The van der Waals surface area contributed by atoms with Crippen LogP contribution >= 0.6 is 0 Å². The Morgan fingerprint density at radius 2 is 1.95 bits per heavy atom. The van der Waals surface area contributed by atoms with Crippen LogP contribution in [0.25, 0.3) is 0 Å². The predicted molar refractivity (Wildman–Crippen MR) is 65.7 cm³/mol. The minimum Gasteiger partial charge on any atom is -0.454 e. The SMILES string of the molecule is CC(C)CNCc1cc2c(cc1OC(F)F)OCO2. The zero-order valence-electron chi connectivity index (χ0n) is 10.9. The van der Waals surface area contributed by atoms with Gasteiger partial charge in [-0.15, -0.1) is 0 Å². The number of hydrogen-bond acceptors (Lipinski definition) is 4. The van der Waals surface area contributed by atoms with E-state index < -0.39 is 6.61 Å². The Kier molecular flexibility index (Phi) is 4.42. The van der Waals surface area contributed by atoms with Gasteiger partial charge < -0.3 is 19.5 Å². The van der Waals surface area contributed by atoms with E-state index in [1.54, 1.807) is 6.07 Å². The molecule has 0 fully saturated rings. The lowest BCUT2D eigenvalue weighted by molar-refractivity contribution is -0.0505. The molecule has 1 heterocycles. The lowest BCUT2D eigenvalue weighted by Gasteiger charge is -2.13. The summed E-state index contributed by atoms with van der Waals surface area (Å²) in [5.41, 5.74) is 0.630. The van der Waals surface area contributed by atoms with Crippen molar-refractivity contribution in [2.75, 3.05) is 13.3 Å². The molecule has 0 aliphatic carbocycles. The number of halogens is 2. The Morgan fingerprint density at radius 1 is 1.26 bits per heavy atom. The molecule has 1 aromatic rings. The monoisotopic (exact) mass is 273 g/mol. The average Bonchev–Trinajstić information content (AvgIpc) is 2.75. The quantitative estimate of drug-likeness (QED) is 0.865. The maximum Gasteiger partial charge on any atom is 0.387 e. The molecule has 106 valence electrons. The van der Waals surface area contributed by atoms with Crippen molar-refractivity contribution in [2.45, 2.75) is 27.0 Å². The van der Waals surface area contributed by atoms with Gasteiger partial charge in [-0.05, 0) is 18.5 Å². The largest absolute Gasteiger partial charge is 0.454 e. The number of alkyl halides is 2. The fourth-order valence-corrected chi connectivity index (χ4v) is 1.80. The molecule has 19 heavy (non-hydrogen) atoms. The van der Waals surface area contributed by atoms with E-state index >= 15 is 0 Å². The highest BCUT2D eigenvalue weighted by molar-refractivity contribution is 5.51. The van der Waals surface area contributed by atoms with Crippen LogP contribution in [0, 0.1) is 5.92 Å². The predicted octanol–water partition coefficient (Wildman–Crippen LogP) is 2.76. The van der Waals surface area contributed by atoms with Crippen molar-refractivity contribution in [3.63, 3.8) is 0 Å². The van der Waals surface area contributed by atoms with Crippen molar-refractivity contribution in [3.05, 3.63) is 17.7 Å². The van der Waals surface area contributed by atoms with E-state index in [1.807, 2.05) is 0 Å². The highest BCUT2D eigenvalue weighted by Crippen LogP contribution is 2.38. The summed E-state index contributed by atoms with van der Waals surface area (Å²) < 4.78 is 39.7. The minimum absolute atomic E-state index is 0.103. The number of hydrogen-bond donors (Lipinski definition) is 1. The first-order chi connectivity index (χ1) is 9.06. The molecule has 1 aromatic carbocycles. The molecule has 6 heteroatoms. The fraction of sp³-hybridized carbons (Fsp3) is 0.538. The molecule has 0 saturated carbocycles. The third-order valence-electron chi connectivity index (χ3n) is 2.64. The molecular formula is C13H17F2NO3. The minimum atomic E-state index is -2.86. The number of ether oxygens (including phenoxy) is 3. The van der Waals surface area contributed by atoms with Gasteiger partial charge in [0.2, 0.25) is 6.79 Å². The van der Waals surface area contributed by atoms with Gasteiger partial charge in [-0.25, -0.2) is 0 Å². The zero-order valence-corrected chi connectivity index (χ0v) is 10.9. The molecule has 1 N–H and O–H groups in total. The topological polar surface area (TPSA) is 39.7 Å². The second-order valence-electron chi connectivity index (χ2n) is 4.72. The number of nitrogens with one attached hydrogen (secondary N) is 1. The highest BCUT2D eigenvalue weighted by atomic mass is 19.3. The van der Waals surface area contributed by atoms with Gasteiger partial charge in [0.05, 0.1) is 0 Å². The Morgan fingerprint density at radius 3 is 2.58 bits per heavy atom. The highest BCUT2D eigenvalue weighted by Gasteiger charge is 2.19. The summed E-state index contributed by atoms with van der Waals surface area (Å²) in [6, 6.07) is 3.12. The molecule has 2 rings (SSSR count). The molecular weight excluding hydrogens is 256 g/mol. The second kappa shape index (κ2) is 6.06. The van der Waals surface area contributed by atoms with Gasteiger partial charge in [-0.2, -0.15) is 8.78 Å². The average molecular weight is 273 g/mol. The van der Waals surface area contributed by atoms with E-state index in [1.165, 1.54) is 6.07 Å². The van der Waals surface area contributed by atoms with Crippen molar-refractivity contribution in [1.29, 1.82) is 0 Å². The molecule has 0 atom stereocenters. The van der Waals surface area contributed by atoms with Gasteiger partial charge in [-0.1, -0.05) is 13.8 Å². The van der Waals surface area contributed by atoms with Crippen LogP contribution in [0.1, 0.15) is 19.4 Å². The lowest BCUT2D eigenvalue weighted by Crippen LogP contribution is -2.19. The lowest BCUT2D eigenvalue weighted by atomic mass is 10.1. The molecule has 0 spiro atoms. The summed E-state index contributed by atoms with van der Waals surface area (Å²) in [4.78, 5) is 0. The molecule has 4 nitrogen and oxygen atoms in total. The standard InChI is InChI=1S/C13H17F2NO3/c1-8(2)5-16-6-9-3-11-12(18-7-17-11)4-10(9)19-13(14)15/h3-4,8,13,16H,5-7H2,1-2H3. The Labute approximate surface area is 110 Å². The third kappa shape index (κ3) is 3.70. The first kappa shape index (κ1) is 13.9. The third-order valence-corrected chi connectivity index (χ3v) is 2.64. The number of rotatable bonds is 6. The van der Waals surface area contributed by atoms with Crippen LogP contribution in [0.4, 0.5) is 8.78 Å². The van der Waals surface area contributed by atoms with Gasteiger partial charge in [0.1, 0.15) is 5.75 Å². The molecule has 0 saturated heterocycles. The maximum absolute atomic E-state index is 12.4. The summed E-state index contributed by atoms with van der Waals surface area (Å²) >= 11 is 0. The summed E-state index contributed by atoms with van der Waals surface area (Å²) in [7, 11) is 0. The number of benzene rings is 1. The van der Waals surface area contributed by atoms with Crippen LogP contribution in [-0.4, -0.2) is 19.9 Å². The smallest absolute Gasteiger partial charge is 0.387 e. The van der Waals surface area contributed by atoms with Gasteiger partial charge in [0, 0.05) is 18.2 Å². The summed E-state index contributed by atoms with van der Waals surface area (Å²) in [5.74, 6) is 1.59. The van der Waals surface area contributed by atoms with Gasteiger partial charge >= 0.3 is 6.61 Å².